The fraction of sp³-hybridized carbons (Fsp3) is 0.400. The second kappa shape index (κ2) is 9.39. The van der Waals surface area contributed by atoms with Gasteiger partial charge in [0.15, 0.2) is 5.11 Å². The SMILES string of the molecule is COc1ccc(N2C(=O)C(=Cc3cc(C)n(C4CCCCC4)c3C)C(=O)NC2=S)c(OC)c1. The Morgan fingerprint density at radius 2 is 1.79 bits per heavy atom. The summed E-state index contributed by atoms with van der Waals surface area (Å²) in [6.45, 7) is 4.13. The third-order valence-corrected chi connectivity index (χ3v) is 6.78. The van der Waals surface area contributed by atoms with Crippen molar-refractivity contribution in [2.24, 2.45) is 0 Å². The van der Waals surface area contributed by atoms with Gasteiger partial charge in [-0.1, -0.05) is 19.3 Å². The summed E-state index contributed by atoms with van der Waals surface area (Å²) in [5.41, 5.74) is 3.54. The summed E-state index contributed by atoms with van der Waals surface area (Å²) in [6.07, 6.45) is 7.73. The van der Waals surface area contributed by atoms with Gasteiger partial charge in [-0.15, -0.1) is 0 Å². The largest absolute Gasteiger partial charge is 0.497 e. The molecule has 33 heavy (non-hydrogen) atoms. The molecule has 8 heteroatoms. The van der Waals surface area contributed by atoms with Gasteiger partial charge in [0.1, 0.15) is 17.1 Å². The zero-order valence-corrected chi connectivity index (χ0v) is 20.3. The van der Waals surface area contributed by atoms with Crippen LogP contribution < -0.4 is 19.7 Å². The van der Waals surface area contributed by atoms with Gasteiger partial charge in [0, 0.05) is 23.5 Å². The zero-order chi connectivity index (χ0) is 23.7. The number of benzene rings is 1. The monoisotopic (exact) mass is 467 g/mol. The van der Waals surface area contributed by atoms with E-state index in [1.54, 1.807) is 31.4 Å². The van der Waals surface area contributed by atoms with Crippen molar-refractivity contribution in [1.29, 1.82) is 0 Å². The van der Waals surface area contributed by atoms with Crippen LogP contribution in [0.4, 0.5) is 5.69 Å². The maximum Gasteiger partial charge on any atom is 0.270 e. The fourth-order valence-electron chi connectivity index (χ4n) is 4.85. The molecule has 2 aliphatic rings. The minimum Gasteiger partial charge on any atom is -0.497 e. The topological polar surface area (TPSA) is 72.8 Å². The van der Waals surface area contributed by atoms with Crippen LogP contribution in [0.5, 0.6) is 11.5 Å². The van der Waals surface area contributed by atoms with Crippen molar-refractivity contribution in [1.82, 2.24) is 9.88 Å². The van der Waals surface area contributed by atoms with Crippen LogP contribution in [-0.2, 0) is 9.59 Å². The third-order valence-electron chi connectivity index (χ3n) is 6.49. The predicted molar refractivity (Wildman–Crippen MR) is 132 cm³/mol. The first-order chi connectivity index (χ1) is 15.8. The maximum atomic E-state index is 13.5. The van der Waals surface area contributed by atoms with E-state index in [1.165, 1.54) is 31.3 Å². The number of nitrogens with zero attached hydrogens (tertiary/aromatic N) is 2. The number of nitrogens with one attached hydrogen (secondary N) is 1. The molecule has 1 saturated heterocycles. The lowest BCUT2D eigenvalue weighted by atomic mass is 9.95. The van der Waals surface area contributed by atoms with E-state index >= 15 is 0 Å². The van der Waals surface area contributed by atoms with Gasteiger partial charge in [0.2, 0.25) is 0 Å². The van der Waals surface area contributed by atoms with Crippen molar-refractivity contribution >= 4 is 40.9 Å². The molecule has 1 saturated carbocycles. The molecular weight excluding hydrogens is 438 g/mol. The number of aromatic nitrogens is 1. The van der Waals surface area contributed by atoms with Gasteiger partial charge in [0.25, 0.3) is 11.8 Å². The number of rotatable bonds is 5. The molecule has 2 fully saturated rings. The molecule has 2 aromatic rings. The third kappa shape index (κ3) is 4.27. The number of aryl methyl sites for hydroxylation is 1. The fourth-order valence-corrected chi connectivity index (χ4v) is 5.13. The molecule has 2 amide bonds. The van der Waals surface area contributed by atoms with E-state index in [-0.39, 0.29) is 10.7 Å². The van der Waals surface area contributed by atoms with E-state index in [0.717, 1.165) is 29.8 Å². The Morgan fingerprint density at radius 3 is 2.45 bits per heavy atom. The molecule has 1 aliphatic carbocycles. The Hall–Kier alpha value is -3.13. The molecule has 4 rings (SSSR count). The normalized spacial score (nSPS) is 18.6. The summed E-state index contributed by atoms with van der Waals surface area (Å²) in [7, 11) is 3.06. The number of ether oxygens (including phenoxy) is 2. The van der Waals surface area contributed by atoms with Gasteiger partial charge < -0.3 is 14.0 Å². The van der Waals surface area contributed by atoms with E-state index in [0.29, 0.717) is 23.2 Å². The zero-order valence-electron chi connectivity index (χ0n) is 19.4. The van der Waals surface area contributed by atoms with E-state index in [1.807, 2.05) is 13.0 Å². The lowest BCUT2D eigenvalue weighted by Gasteiger charge is -2.30. The minimum atomic E-state index is -0.504. The molecule has 0 bridgehead atoms. The van der Waals surface area contributed by atoms with Crippen LogP contribution in [0.1, 0.15) is 55.1 Å². The molecule has 1 N–H and O–H groups in total. The molecule has 174 valence electrons. The van der Waals surface area contributed by atoms with Crippen LogP contribution in [0, 0.1) is 13.8 Å². The average molecular weight is 468 g/mol. The lowest BCUT2D eigenvalue weighted by molar-refractivity contribution is -0.122. The maximum absolute atomic E-state index is 13.5. The number of carbonyl (C=O) groups is 2. The second-order valence-corrected chi connectivity index (χ2v) is 8.87. The number of amides is 2. The Balaban J connectivity index is 1.72. The van der Waals surface area contributed by atoms with Crippen LogP contribution in [0.2, 0.25) is 0 Å². The highest BCUT2D eigenvalue weighted by atomic mass is 32.1. The smallest absolute Gasteiger partial charge is 0.270 e. The van der Waals surface area contributed by atoms with Gasteiger partial charge in [-0.2, -0.15) is 0 Å². The molecule has 1 aromatic heterocycles. The molecule has 7 nitrogen and oxygen atoms in total. The van der Waals surface area contributed by atoms with Crippen LogP contribution >= 0.6 is 12.2 Å². The van der Waals surface area contributed by atoms with Gasteiger partial charge >= 0.3 is 0 Å². The number of hydrogen-bond acceptors (Lipinski definition) is 5. The number of carbonyl (C=O) groups excluding carboxylic acids is 2. The highest BCUT2D eigenvalue weighted by molar-refractivity contribution is 7.80. The summed E-state index contributed by atoms with van der Waals surface area (Å²) in [4.78, 5) is 27.6. The number of thiocarbonyl (C=S) groups is 1. The summed E-state index contributed by atoms with van der Waals surface area (Å²) in [5.74, 6) is 0.00263. The molecule has 0 radical (unpaired) electrons. The van der Waals surface area contributed by atoms with Crippen molar-refractivity contribution < 1.29 is 19.1 Å². The Bertz CT molecular complexity index is 1140. The Kier molecular flexibility index (Phi) is 6.56. The van der Waals surface area contributed by atoms with Crippen LogP contribution in [0.15, 0.2) is 29.8 Å². The summed E-state index contributed by atoms with van der Waals surface area (Å²) >= 11 is 5.34. The highest BCUT2D eigenvalue weighted by Gasteiger charge is 2.36. The molecule has 1 aromatic carbocycles. The summed E-state index contributed by atoms with van der Waals surface area (Å²) < 4.78 is 13.1. The molecule has 0 unspecified atom stereocenters. The van der Waals surface area contributed by atoms with Gasteiger partial charge in [0.05, 0.1) is 19.9 Å². The molecule has 2 heterocycles. The first kappa shape index (κ1) is 23.0. The van der Waals surface area contributed by atoms with Crippen molar-refractivity contribution in [2.75, 3.05) is 19.1 Å². The Labute approximate surface area is 199 Å². The van der Waals surface area contributed by atoms with Gasteiger partial charge in [-0.05, 0) is 68.7 Å². The first-order valence-electron chi connectivity index (χ1n) is 11.2. The van der Waals surface area contributed by atoms with Crippen molar-refractivity contribution in [3.05, 3.63) is 46.8 Å². The standard InChI is InChI=1S/C25H29N3O4S/c1-15-12-17(16(2)27(15)18-8-6-5-7-9-18)13-20-23(29)26-25(33)28(24(20)30)21-11-10-19(31-3)14-22(21)32-4/h10-14,18H,5-9H2,1-4H3,(H,26,29,33). The van der Waals surface area contributed by atoms with Crippen molar-refractivity contribution in [3.63, 3.8) is 0 Å². The van der Waals surface area contributed by atoms with E-state index in [4.69, 9.17) is 21.7 Å². The molecule has 0 spiro atoms. The summed E-state index contributed by atoms with van der Waals surface area (Å²) in [5, 5.41) is 2.66. The van der Waals surface area contributed by atoms with Gasteiger partial charge in [-0.3, -0.25) is 14.9 Å². The first-order valence-corrected chi connectivity index (χ1v) is 11.6. The van der Waals surface area contributed by atoms with Crippen molar-refractivity contribution in [3.8, 4) is 11.5 Å². The molecule has 0 atom stereocenters. The van der Waals surface area contributed by atoms with E-state index in [9.17, 15) is 9.59 Å². The lowest BCUT2D eigenvalue weighted by Crippen LogP contribution is -2.54. The molecular formula is C25H29N3O4S. The minimum absolute atomic E-state index is 0.0123. The van der Waals surface area contributed by atoms with Crippen LogP contribution in [0.3, 0.4) is 0 Å². The number of anilines is 1. The van der Waals surface area contributed by atoms with E-state index in [2.05, 4.69) is 16.8 Å². The van der Waals surface area contributed by atoms with Crippen LogP contribution in [-0.4, -0.2) is 35.7 Å². The highest BCUT2D eigenvalue weighted by Crippen LogP contribution is 2.36. The van der Waals surface area contributed by atoms with Crippen molar-refractivity contribution in [2.45, 2.75) is 52.0 Å². The van der Waals surface area contributed by atoms with Crippen LogP contribution in [0.25, 0.3) is 6.08 Å². The van der Waals surface area contributed by atoms with Gasteiger partial charge in [-0.25, -0.2) is 4.90 Å². The second-order valence-electron chi connectivity index (χ2n) is 8.48. The molecule has 1 aliphatic heterocycles. The Morgan fingerprint density at radius 1 is 1.06 bits per heavy atom. The quantitative estimate of drug-likeness (QED) is 0.399. The number of methoxy groups -OCH3 is 2. The average Bonchev–Trinajstić information content (AvgIpc) is 3.09. The number of hydrogen-bond donors (Lipinski definition) is 1. The summed E-state index contributed by atoms with van der Waals surface area (Å²) in [6, 6.07) is 7.58. The predicted octanol–water partition coefficient (Wildman–Crippen LogP) is 4.46. The van der Waals surface area contributed by atoms with E-state index < -0.39 is 11.8 Å².